The summed E-state index contributed by atoms with van der Waals surface area (Å²) in [5.74, 6) is -1.50. The SMILES string of the molecule is [2H]c1c([2H])c(-n2c3[se]c4c([2H])c([2H])c(C(C)(C)C)c([2H])c4c3c3c([2H])c(C(C)(C)C)c([2H])c([2H])c32)c([2H])c2c1C1c3c(cc(C(C)(C)C)cc3N(c3c(-c4ccccc4)cc(C(C)(C)C)cc3-c3ccccc3)c3c([2H])c(-n4c5[se]c6c([2H])c([2H])c(C(C)(C)C)c([2H])c6c5c5c([2H])c(C(C)(C)C)c([2H])c([2H])c54)c([2H])c([2H])c31)N2c1c(-c2ccccc2)cc(C(C)(C)C)cc1-c1ccccc1. The van der Waals surface area contributed by atoms with Gasteiger partial charge in [-0.2, -0.15) is 0 Å². The molecule has 19 rings (SSSR count). The van der Waals surface area contributed by atoms with E-state index in [1.54, 1.807) is 9.13 Å². The Kier molecular flexibility index (Phi) is 13.5. The number of hydrogen-bond donors (Lipinski definition) is 0. The summed E-state index contributed by atoms with van der Waals surface area (Å²) >= 11 is -2.20. The van der Waals surface area contributed by atoms with Gasteiger partial charge in [0, 0.05) is 0 Å². The average molecular weight is 1670 g/mol. The van der Waals surface area contributed by atoms with Crippen LogP contribution in [0.3, 0.4) is 0 Å². The minimum atomic E-state index is -1.50. The fourth-order valence-electron chi connectivity index (χ4n) is 16.8. The Hall–Kier alpha value is -10.4. The topological polar surface area (TPSA) is 16.3 Å². The summed E-state index contributed by atoms with van der Waals surface area (Å²) in [4.78, 5) is 4.16. The molecule has 0 fully saturated rings. The predicted octanol–water partition coefficient (Wildman–Crippen LogP) is 30.8. The summed E-state index contributed by atoms with van der Waals surface area (Å²) in [7, 11) is 0. The van der Waals surface area contributed by atoms with Crippen LogP contribution >= 0.6 is 0 Å². The first kappa shape index (κ1) is 58.4. The second kappa shape index (κ2) is 27.1. The van der Waals surface area contributed by atoms with Crippen molar-refractivity contribution >= 4 is 124 Å². The number of hydrogen-bond acceptors (Lipinski definition) is 2. The third-order valence-corrected chi connectivity index (χ3v) is 28.0. The molecule has 0 N–H and O–H groups in total. The van der Waals surface area contributed by atoms with Gasteiger partial charge in [0.05, 0.1) is 0 Å². The van der Waals surface area contributed by atoms with Crippen LogP contribution in [0, 0.1) is 0 Å². The van der Waals surface area contributed by atoms with Crippen LogP contribution in [0.25, 0.3) is 117 Å². The molecule has 0 amide bonds. The van der Waals surface area contributed by atoms with Gasteiger partial charge < -0.3 is 0 Å². The van der Waals surface area contributed by atoms with Gasteiger partial charge in [0.1, 0.15) is 0 Å². The third kappa shape index (κ3) is 12.8. The maximum atomic E-state index is 12.2. The van der Waals surface area contributed by atoms with Crippen LogP contribution in [0.2, 0.25) is 0 Å². The Bertz CT molecular complexity index is 7450. The Morgan fingerprint density at radius 3 is 0.863 bits per heavy atom. The molecule has 0 spiro atoms. The van der Waals surface area contributed by atoms with Crippen molar-refractivity contribution < 1.29 is 24.7 Å². The maximum absolute atomic E-state index is 12.2. The van der Waals surface area contributed by atoms with Gasteiger partial charge in [-0.05, 0) is 0 Å². The predicted molar refractivity (Wildman–Crippen MR) is 507 cm³/mol. The summed E-state index contributed by atoms with van der Waals surface area (Å²) in [6.07, 6.45) is 0. The van der Waals surface area contributed by atoms with E-state index >= 15 is 0 Å². The van der Waals surface area contributed by atoms with Crippen LogP contribution in [0.4, 0.5) is 34.1 Å². The zero-order valence-corrected chi connectivity index (χ0v) is 74.1. The Labute approximate surface area is 730 Å². The molecule has 4 nitrogen and oxygen atoms in total. The van der Waals surface area contributed by atoms with E-state index in [1.807, 2.05) is 156 Å². The molecule has 0 radical (unpaired) electrons. The molecule has 0 bridgehead atoms. The van der Waals surface area contributed by atoms with E-state index in [2.05, 4.69) is 157 Å². The molecule has 0 atom stereocenters. The Morgan fingerprint density at radius 1 is 0.282 bits per heavy atom. The molecule has 13 aromatic carbocycles. The van der Waals surface area contributed by atoms with E-state index in [-0.39, 0.29) is 151 Å². The Balaban J connectivity index is 1.10. The molecule has 2 aliphatic rings. The van der Waals surface area contributed by atoms with Crippen molar-refractivity contribution in [2.24, 2.45) is 0 Å². The summed E-state index contributed by atoms with van der Waals surface area (Å²) in [5.41, 5.74) is 6.33. The van der Waals surface area contributed by atoms with Crippen LogP contribution in [0.1, 0.15) is 232 Å². The van der Waals surface area contributed by atoms with Crippen molar-refractivity contribution in [3.8, 4) is 55.9 Å². The number of rotatable bonds is 8. The van der Waals surface area contributed by atoms with Gasteiger partial charge in [-0.15, -0.1) is 0 Å². The second-order valence-corrected chi connectivity index (χ2v) is 43.3. The molecule has 6 heteroatoms. The number of aromatic nitrogens is 2. The molecule has 0 aliphatic carbocycles. The molecule has 17 aromatic rings. The molecular weight excluding hydrogens is 1550 g/mol. The minimum absolute atomic E-state index is 0.0143. The average Bonchev–Trinajstić information content (AvgIpc) is 0.952. The molecule has 4 aromatic heterocycles. The zero-order chi connectivity index (χ0) is 97.5. The van der Waals surface area contributed by atoms with Gasteiger partial charge in [-0.1, -0.05) is 0 Å². The first-order chi connectivity index (χ1) is 63.0. The van der Waals surface area contributed by atoms with E-state index in [1.165, 1.54) is 0 Å². The second-order valence-electron chi connectivity index (χ2n) is 39.1. The first-order valence-electron chi connectivity index (χ1n) is 49.7. The van der Waals surface area contributed by atoms with Gasteiger partial charge in [0.2, 0.25) is 0 Å². The van der Waals surface area contributed by atoms with Gasteiger partial charge in [0.25, 0.3) is 0 Å². The summed E-state index contributed by atoms with van der Waals surface area (Å²) < 4.78 is 199. The van der Waals surface area contributed by atoms with Crippen LogP contribution in [-0.2, 0) is 37.9 Å². The quantitative estimate of drug-likeness (QED) is 0.141. The van der Waals surface area contributed by atoms with Crippen molar-refractivity contribution in [2.45, 2.75) is 189 Å². The third-order valence-electron chi connectivity index (χ3n) is 23.4. The van der Waals surface area contributed by atoms with Crippen LogP contribution < -0.4 is 9.80 Å². The number of fused-ring (bicyclic) bond motifs is 14. The van der Waals surface area contributed by atoms with E-state index < -0.39 is 97.0 Å². The molecule has 2 aliphatic heterocycles. The van der Waals surface area contributed by atoms with Crippen LogP contribution in [0.15, 0.2) is 266 Å². The summed E-state index contributed by atoms with van der Waals surface area (Å²) in [6, 6.07) is 48.4. The van der Waals surface area contributed by atoms with Crippen molar-refractivity contribution in [1.29, 1.82) is 0 Å². The standard InChI is InChI=1S/C111H108N4Se2/c1-105(2,3)70-42-50-89-85(54-70)98-87-56-72(107(7,8)9)44-52-95(87)116-103(98)112(89)77-46-48-79-91(64-77)114(101-81(66-34-26-22-27-35-66)58-74(109(13,14)15)59-82(101)67-36-28-23-29-37-67)93-62-76(111(19,20)21)63-94-100(93)97(79)80-49-47-78(113-90-51-43-71(106(4,5)6)55-86(90)99-88-57-73(108(10,11)12)45-53-96(88)117-104(99)113)65-92(80)115(94)102-83(68-38-30-24-31-39-68)60-75(110(16,17)18)61-84(102)69-40-32-25-33-41-69/h22-65,97H,1-21H3/i42D,43D,44D,45D,46D,47D,48D,49D,50D,51D,52D,53D,54D,55D,56D,57D,64D,65D. The molecule has 0 saturated heterocycles. The monoisotopic (exact) mass is 1670 g/mol. The van der Waals surface area contributed by atoms with E-state index in [9.17, 15) is 24.7 Å². The first-order valence-corrected chi connectivity index (χ1v) is 44.1. The molecule has 117 heavy (non-hydrogen) atoms. The molecule has 0 saturated carbocycles. The van der Waals surface area contributed by atoms with Gasteiger partial charge >= 0.3 is 735 Å². The molecule has 584 valence electrons. The fourth-order valence-corrected chi connectivity index (χ4v) is 21.6. The van der Waals surface area contributed by atoms with Crippen molar-refractivity contribution in [2.75, 3.05) is 9.80 Å². The molecular formula is C111H108N4Se2. The van der Waals surface area contributed by atoms with Crippen molar-refractivity contribution in [3.05, 3.63) is 322 Å². The normalized spacial score (nSPS) is 15.9. The molecule has 0 unspecified atom stereocenters. The van der Waals surface area contributed by atoms with E-state index in [0.29, 0.717) is 101 Å². The zero-order valence-electron chi connectivity index (χ0n) is 88.7. The van der Waals surface area contributed by atoms with Crippen LogP contribution in [-0.4, -0.2) is 38.1 Å². The van der Waals surface area contributed by atoms with E-state index in [4.69, 9.17) is 0 Å². The van der Waals surface area contributed by atoms with Crippen molar-refractivity contribution in [3.63, 3.8) is 0 Å². The summed E-state index contributed by atoms with van der Waals surface area (Å²) in [5, 5.41) is 1.56. The van der Waals surface area contributed by atoms with Crippen molar-refractivity contribution in [1.82, 2.24) is 9.13 Å². The van der Waals surface area contributed by atoms with Gasteiger partial charge in [-0.3, -0.25) is 0 Å². The van der Waals surface area contributed by atoms with Gasteiger partial charge in [-0.25, -0.2) is 0 Å². The number of nitrogens with zero attached hydrogens (tertiary/aromatic N) is 4. The van der Waals surface area contributed by atoms with E-state index in [0.717, 1.165) is 38.9 Å². The van der Waals surface area contributed by atoms with Gasteiger partial charge in [0.15, 0.2) is 0 Å². The number of benzene rings is 13. The summed E-state index contributed by atoms with van der Waals surface area (Å²) in [6.45, 7) is 42.0. The van der Waals surface area contributed by atoms with Crippen LogP contribution in [0.5, 0.6) is 0 Å². The Morgan fingerprint density at radius 2 is 0.564 bits per heavy atom. The molecule has 6 heterocycles. The fraction of sp³-hybridized carbons (Fsp3) is 0.261. The number of anilines is 6.